The second-order valence-electron chi connectivity index (χ2n) is 7.75. The molecule has 10 nitrogen and oxygen atoms in total. The van der Waals surface area contributed by atoms with Crippen molar-refractivity contribution in [2.24, 2.45) is 0 Å². The highest BCUT2D eigenvalue weighted by molar-refractivity contribution is 6.07. The number of aliphatic hydroxyl groups excluding tert-OH is 1. The number of hydrogen-bond donors (Lipinski definition) is 3. The third-order valence-corrected chi connectivity index (χ3v) is 5.32. The van der Waals surface area contributed by atoms with Crippen molar-refractivity contribution in [3.8, 4) is 34.5 Å². The Balaban J connectivity index is 2.41. The van der Waals surface area contributed by atoms with Gasteiger partial charge in [-0.05, 0) is 60.9 Å². The second-order valence-corrected chi connectivity index (χ2v) is 7.75. The van der Waals surface area contributed by atoms with Crippen LogP contribution < -0.4 is 18.9 Å². The van der Waals surface area contributed by atoms with Crippen LogP contribution in [-0.2, 0) is 14.3 Å². The molecule has 0 spiro atoms. The SMILES string of the molecule is CCOC(=O)CC/C(C(=O)/C=C/c1cc(O)c(OC)c(OC)c1)=C(O)\C=C\c1cc(O)c(OC)c(OC)c1. The van der Waals surface area contributed by atoms with Crippen LogP contribution in [0.1, 0.15) is 30.9 Å². The fraction of sp³-hybridized carbons (Fsp3) is 0.286. The van der Waals surface area contributed by atoms with Crippen LogP contribution in [0.15, 0.2) is 47.7 Å². The molecule has 0 radical (unpaired) electrons. The lowest BCUT2D eigenvalue weighted by atomic mass is 10.0. The molecule has 204 valence electrons. The van der Waals surface area contributed by atoms with Crippen LogP contribution in [0.25, 0.3) is 12.2 Å². The summed E-state index contributed by atoms with van der Waals surface area (Å²) in [6.07, 6.45) is 5.15. The zero-order chi connectivity index (χ0) is 28.2. The molecule has 0 bridgehead atoms. The van der Waals surface area contributed by atoms with Crippen molar-refractivity contribution in [1.82, 2.24) is 0 Å². The number of carbonyl (C=O) groups is 2. The number of ketones is 1. The molecule has 0 aliphatic heterocycles. The van der Waals surface area contributed by atoms with E-state index in [0.717, 1.165) is 0 Å². The average Bonchev–Trinajstić information content (AvgIpc) is 2.90. The molecule has 38 heavy (non-hydrogen) atoms. The first kappa shape index (κ1) is 29.6. The molecule has 3 N–H and O–H groups in total. The van der Waals surface area contributed by atoms with E-state index in [0.29, 0.717) is 11.1 Å². The predicted molar refractivity (Wildman–Crippen MR) is 141 cm³/mol. The summed E-state index contributed by atoms with van der Waals surface area (Å²) < 4.78 is 25.6. The maximum atomic E-state index is 13.1. The minimum absolute atomic E-state index is 0.0417. The Kier molecular flexibility index (Phi) is 11.1. The molecule has 0 fully saturated rings. The Labute approximate surface area is 221 Å². The first-order valence-corrected chi connectivity index (χ1v) is 11.6. The van der Waals surface area contributed by atoms with E-state index in [2.05, 4.69) is 0 Å². The molecule has 10 heteroatoms. The lowest BCUT2D eigenvalue weighted by Gasteiger charge is -2.10. The van der Waals surface area contributed by atoms with Crippen LogP contribution in [0.4, 0.5) is 0 Å². The number of benzene rings is 2. The Hall–Kier alpha value is -4.60. The van der Waals surface area contributed by atoms with Gasteiger partial charge < -0.3 is 39.0 Å². The fourth-order valence-corrected chi connectivity index (χ4v) is 3.51. The van der Waals surface area contributed by atoms with Gasteiger partial charge in [0.05, 0.1) is 35.0 Å². The van der Waals surface area contributed by atoms with Gasteiger partial charge in [-0.25, -0.2) is 0 Å². The normalized spacial score (nSPS) is 11.8. The smallest absolute Gasteiger partial charge is 0.306 e. The number of methoxy groups -OCH3 is 4. The molecule has 0 heterocycles. The van der Waals surface area contributed by atoms with E-state index in [1.165, 1.54) is 64.9 Å². The van der Waals surface area contributed by atoms with E-state index in [-0.39, 0.29) is 65.3 Å². The summed E-state index contributed by atoms with van der Waals surface area (Å²) in [4.78, 5) is 25.0. The van der Waals surface area contributed by atoms with Crippen molar-refractivity contribution in [2.75, 3.05) is 35.0 Å². The molecule has 0 aliphatic carbocycles. The second kappa shape index (κ2) is 14.2. The lowest BCUT2D eigenvalue weighted by Crippen LogP contribution is -2.08. The number of carbonyl (C=O) groups excluding carboxylic acids is 2. The summed E-state index contributed by atoms with van der Waals surface area (Å²) in [7, 11) is 5.60. The highest BCUT2D eigenvalue weighted by Crippen LogP contribution is 2.38. The molecule has 0 aromatic heterocycles. The van der Waals surface area contributed by atoms with Crippen molar-refractivity contribution in [1.29, 1.82) is 0 Å². The molecule has 0 saturated carbocycles. The topological polar surface area (TPSA) is 141 Å². The summed E-state index contributed by atoms with van der Waals surface area (Å²) in [5.74, 6) is -0.980. The monoisotopic (exact) mass is 528 g/mol. The van der Waals surface area contributed by atoms with Crippen LogP contribution in [-0.4, -0.2) is 62.1 Å². The molecule has 0 unspecified atom stereocenters. The van der Waals surface area contributed by atoms with E-state index in [1.807, 2.05) is 0 Å². The lowest BCUT2D eigenvalue weighted by molar-refractivity contribution is -0.143. The van der Waals surface area contributed by atoms with Gasteiger partial charge in [0.25, 0.3) is 0 Å². The van der Waals surface area contributed by atoms with Gasteiger partial charge in [0.2, 0.25) is 11.5 Å². The Bertz CT molecular complexity index is 1240. The maximum absolute atomic E-state index is 13.1. The first-order valence-electron chi connectivity index (χ1n) is 11.6. The quantitative estimate of drug-likeness (QED) is 0.146. The van der Waals surface area contributed by atoms with Gasteiger partial charge >= 0.3 is 5.97 Å². The van der Waals surface area contributed by atoms with Gasteiger partial charge in [0, 0.05) is 12.0 Å². The number of allylic oxidation sites excluding steroid dienone is 3. The number of aromatic hydroxyl groups is 2. The highest BCUT2D eigenvalue weighted by Gasteiger charge is 2.16. The van der Waals surface area contributed by atoms with Crippen LogP contribution >= 0.6 is 0 Å². The van der Waals surface area contributed by atoms with Gasteiger partial charge in [0.15, 0.2) is 28.8 Å². The molecule has 2 aromatic carbocycles. The molecule has 2 aromatic rings. The molecular weight excluding hydrogens is 496 g/mol. The Morgan fingerprint density at radius 1 is 0.763 bits per heavy atom. The Morgan fingerprint density at radius 2 is 1.26 bits per heavy atom. The van der Waals surface area contributed by atoms with Gasteiger partial charge in [0.1, 0.15) is 5.76 Å². The Morgan fingerprint density at radius 3 is 1.71 bits per heavy atom. The fourth-order valence-electron chi connectivity index (χ4n) is 3.51. The molecule has 0 aliphatic rings. The number of phenols is 2. The summed E-state index contributed by atoms with van der Waals surface area (Å²) >= 11 is 0. The van der Waals surface area contributed by atoms with Gasteiger partial charge in [-0.15, -0.1) is 0 Å². The largest absolute Gasteiger partial charge is 0.508 e. The van der Waals surface area contributed by atoms with Crippen LogP contribution in [0, 0.1) is 0 Å². The van der Waals surface area contributed by atoms with E-state index in [4.69, 9.17) is 23.7 Å². The van der Waals surface area contributed by atoms with Crippen LogP contribution in [0.5, 0.6) is 34.5 Å². The van der Waals surface area contributed by atoms with Gasteiger partial charge in [-0.1, -0.05) is 12.2 Å². The zero-order valence-corrected chi connectivity index (χ0v) is 21.9. The molecule has 0 atom stereocenters. The minimum atomic E-state index is -0.569. The summed E-state index contributed by atoms with van der Waals surface area (Å²) in [6, 6.07) is 5.92. The summed E-state index contributed by atoms with van der Waals surface area (Å²) in [5.41, 5.74) is 0.856. The van der Waals surface area contributed by atoms with Gasteiger partial charge in [-0.3, -0.25) is 9.59 Å². The zero-order valence-electron chi connectivity index (χ0n) is 21.9. The number of phenolic OH excluding ortho intramolecular Hbond substituents is 2. The molecular formula is C28H32O10. The number of aliphatic hydroxyl groups is 1. The van der Waals surface area contributed by atoms with Crippen molar-refractivity contribution < 1.29 is 48.6 Å². The van der Waals surface area contributed by atoms with Crippen LogP contribution in [0.3, 0.4) is 0 Å². The standard InChI is InChI=1S/C28H32O10/c1-6-38-26(33)12-9-19(20(29)10-7-17-13-22(31)27(36-4)24(15-17)34-2)21(30)11-8-18-14-23(32)28(37-5)25(16-18)35-3/h7-8,10-11,13-16,29,31-32H,6,9,12H2,1-5H3/b10-7+,11-8+,20-19-. The van der Waals surface area contributed by atoms with Crippen LogP contribution in [0.2, 0.25) is 0 Å². The molecule has 0 saturated heterocycles. The molecule has 0 amide bonds. The first-order chi connectivity index (χ1) is 18.2. The highest BCUT2D eigenvalue weighted by atomic mass is 16.5. The van der Waals surface area contributed by atoms with Crippen molar-refractivity contribution >= 4 is 23.9 Å². The summed E-state index contributed by atoms with van der Waals surface area (Å²) in [5, 5.41) is 31.1. The number of hydrogen-bond acceptors (Lipinski definition) is 10. The number of rotatable bonds is 13. The van der Waals surface area contributed by atoms with E-state index >= 15 is 0 Å². The number of esters is 1. The average molecular weight is 529 g/mol. The van der Waals surface area contributed by atoms with E-state index < -0.39 is 11.8 Å². The minimum Gasteiger partial charge on any atom is -0.508 e. The van der Waals surface area contributed by atoms with E-state index in [9.17, 15) is 24.9 Å². The predicted octanol–water partition coefficient (Wildman–Crippen LogP) is 4.58. The van der Waals surface area contributed by atoms with Gasteiger partial charge in [-0.2, -0.15) is 0 Å². The van der Waals surface area contributed by atoms with Crippen molar-refractivity contribution in [3.05, 3.63) is 58.9 Å². The van der Waals surface area contributed by atoms with E-state index in [1.54, 1.807) is 19.1 Å². The third kappa shape index (κ3) is 7.70. The maximum Gasteiger partial charge on any atom is 0.306 e. The summed E-state index contributed by atoms with van der Waals surface area (Å²) in [6.45, 7) is 1.85. The third-order valence-electron chi connectivity index (χ3n) is 5.32. The molecule has 2 rings (SSSR count). The van der Waals surface area contributed by atoms with Crippen molar-refractivity contribution in [3.63, 3.8) is 0 Å². The number of ether oxygens (including phenoxy) is 5. The van der Waals surface area contributed by atoms with Crippen molar-refractivity contribution in [2.45, 2.75) is 19.8 Å².